The van der Waals surface area contributed by atoms with Crippen LogP contribution in [0.25, 0.3) is 22.3 Å². The van der Waals surface area contributed by atoms with Crippen molar-refractivity contribution in [2.24, 2.45) is 0 Å². The number of nitrogens with zero attached hydrogens (tertiary/aromatic N) is 3. The summed E-state index contributed by atoms with van der Waals surface area (Å²) in [6, 6.07) is 9.61. The van der Waals surface area contributed by atoms with Crippen molar-refractivity contribution in [3.8, 4) is 11.4 Å². The molecule has 1 aliphatic rings. The van der Waals surface area contributed by atoms with Crippen LogP contribution < -0.4 is 5.73 Å². The normalized spacial score (nSPS) is 21.6. The number of fused-ring (bicyclic) bond motifs is 1. The maximum atomic E-state index is 5.92. The van der Waals surface area contributed by atoms with Gasteiger partial charge in [-0.15, -0.1) is 0 Å². The second-order valence-electron chi connectivity index (χ2n) is 5.97. The van der Waals surface area contributed by atoms with Gasteiger partial charge in [-0.1, -0.05) is 23.4 Å². The standard InChI is InChI=1S/C17H18N4O2/c1-10-8-11(6-7-22-10)17-20-16(21-23-17)13-9-15(18)19-14-5-3-2-4-12(13)14/h2-5,9-11H,6-8H2,1H3,(H2,18,19). The van der Waals surface area contributed by atoms with E-state index in [9.17, 15) is 0 Å². The van der Waals surface area contributed by atoms with E-state index in [0.717, 1.165) is 35.9 Å². The van der Waals surface area contributed by atoms with Gasteiger partial charge in [0.15, 0.2) is 0 Å². The molecule has 4 rings (SSSR count). The lowest BCUT2D eigenvalue weighted by molar-refractivity contribution is 0.0134. The van der Waals surface area contributed by atoms with Crippen LogP contribution in [0.3, 0.4) is 0 Å². The van der Waals surface area contributed by atoms with Crippen LogP contribution in [0.2, 0.25) is 0 Å². The van der Waals surface area contributed by atoms with Crippen LogP contribution in [-0.2, 0) is 4.74 Å². The molecule has 2 N–H and O–H groups in total. The SMILES string of the molecule is CC1CC(c2nc(-c3cc(N)nc4ccccc34)no2)CCO1. The van der Waals surface area contributed by atoms with Crippen LogP contribution in [0, 0.1) is 0 Å². The van der Waals surface area contributed by atoms with Crippen LogP contribution in [0.4, 0.5) is 5.82 Å². The van der Waals surface area contributed by atoms with Crippen molar-refractivity contribution < 1.29 is 9.26 Å². The van der Waals surface area contributed by atoms with Gasteiger partial charge in [0.2, 0.25) is 11.7 Å². The largest absolute Gasteiger partial charge is 0.384 e. The summed E-state index contributed by atoms with van der Waals surface area (Å²) in [4.78, 5) is 8.96. The average Bonchev–Trinajstić information content (AvgIpc) is 3.04. The minimum Gasteiger partial charge on any atom is -0.384 e. The zero-order valence-electron chi connectivity index (χ0n) is 12.9. The number of para-hydroxylation sites is 1. The highest BCUT2D eigenvalue weighted by Gasteiger charge is 2.26. The molecule has 2 unspecified atom stereocenters. The second kappa shape index (κ2) is 5.62. The van der Waals surface area contributed by atoms with Gasteiger partial charge >= 0.3 is 0 Å². The third-order valence-electron chi connectivity index (χ3n) is 4.25. The van der Waals surface area contributed by atoms with E-state index in [2.05, 4.69) is 22.0 Å². The summed E-state index contributed by atoms with van der Waals surface area (Å²) >= 11 is 0. The molecule has 23 heavy (non-hydrogen) atoms. The molecule has 3 aromatic rings. The van der Waals surface area contributed by atoms with Gasteiger partial charge in [-0.25, -0.2) is 4.98 Å². The molecule has 2 aromatic heterocycles. The number of hydrogen-bond donors (Lipinski definition) is 1. The van der Waals surface area contributed by atoms with Crippen molar-refractivity contribution in [1.29, 1.82) is 0 Å². The van der Waals surface area contributed by atoms with Gasteiger partial charge in [-0.05, 0) is 31.9 Å². The Hall–Kier alpha value is -2.47. The second-order valence-corrected chi connectivity index (χ2v) is 5.97. The van der Waals surface area contributed by atoms with Crippen LogP contribution in [0.15, 0.2) is 34.9 Å². The Labute approximate surface area is 133 Å². The van der Waals surface area contributed by atoms with E-state index < -0.39 is 0 Å². The lowest BCUT2D eigenvalue weighted by Crippen LogP contribution is -2.21. The molecule has 6 heteroatoms. The highest BCUT2D eigenvalue weighted by Crippen LogP contribution is 2.32. The van der Waals surface area contributed by atoms with Gasteiger partial charge < -0.3 is 15.0 Å². The topological polar surface area (TPSA) is 87.1 Å². The van der Waals surface area contributed by atoms with Gasteiger partial charge in [-0.2, -0.15) is 4.98 Å². The zero-order valence-corrected chi connectivity index (χ0v) is 12.9. The predicted molar refractivity (Wildman–Crippen MR) is 86.8 cm³/mol. The summed E-state index contributed by atoms with van der Waals surface area (Å²) in [7, 11) is 0. The van der Waals surface area contributed by atoms with E-state index in [1.807, 2.05) is 24.3 Å². The molecule has 0 saturated carbocycles. The summed E-state index contributed by atoms with van der Waals surface area (Å²) in [6.45, 7) is 2.80. The molecule has 3 heterocycles. The molecule has 6 nitrogen and oxygen atoms in total. The first-order valence-electron chi connectivity index (χ1n) is 7.81. The highest BCUT2D eigenvalue weighted by molar-refractivity contribution is 5.94. The molecule has 1 aliphatic heterocycles. The lowest BCUT2D eigenvalue weighted by Gasteiger charge is -2.24. The molecule has 0 aliphatic carbocycles. The number of nitrogen functional groups attached to an aromatic ring is 1. The fourth-order valence-electron chi connectivity index (χ4n) is 3.11. The van der Waals surface area contributed by atoms with Crippen molar-refractivity contribution in [2.45, 2.75) is 31.8 Å². The Morgan fingerprint density at radius 2 is 2.09 bits per heavy atom. The number of nitrogens with two attached hydrogens (primary N) is 1. The number of hydrogen-bond acceptors (Lipinski definition) is 6. The average molecular weight is 310 g/mol. The van der Waals surface area contributed by atoms with Gasteiger partial charge in [0, 0.05) is 23.5 Å². The Morgan fingerprint density at radius 3 is 2.96 bits per heavy atom. The van der Waals surface area contributed by atoms with Gasteiger partial charge in [0.25, 0.3) is 0 Å². The van der Waals surface area contributed by atoms with Crippen molar-refractivity contribution in [3.05, 3.63) is 36.2 Å². The molecule has 0 bridgehead atoms. The number of pyridine rings is 1. The molecule has 1 fully saturated rings. The first kappa shape index (κ1) is 14.1. The van der Waals surface area contributed by atoms with Crippen molar-refractivity contribution in [1.82, 2.24) is 15.1 Å². The molecular weight excluding hydrogens is 292 g/mol. The Balaban J connectivity index is 1.74. The quantitative estimate of drug-likeness (QED) is 0.782. The first-order valence-corrected chi connectivity index (χ1v) is 7.81. The summed E-state index contributed by atoms with van der Waals surface area (Å²) in [5.41, 5.74) is 7.59. The highest BCUT2D eigenvalue weighted by atomic mass is 16.5. The van der Waals surface area contributed by atoms with E-state index >= 15 is 0 Å². The number of rotatable bonds is 2. The Morgan fingerprint density at radius 1 is 1.22 bits per heavy atom. The summed E-state index contributed by atoms with van der Waals surface area (Å²) in [5.74, 6) is 1.94. The zero-order chi connectivity index (χ0) is 15.8. The molecule has 118 valence electrons. The molecule has 0 spiro atoms. The van der Waals surface area contributed by atoms with Gasteiger partial charge in [0.05, 0.1) is 11.6 Å². The van der Waals surface area contributed by atoms with E-state index in [-0.39, 0.29) is 12.0 Å². The fraction of sp³-hybridized carbons (Fsp3) is 0.353. The number of anilines is 1. The molecule has 1 aromatic carbocycles. The van der Waals surface area contributed by atoms with Gasteiger partial charge in [-0.3, -0.25) is 0 Å². The smallest absolute Gasteiger partial charge is 0.230 e. The molecule has 2 atom stereocenters. The first-order chi connectivity index (χ1) is 11.2. The van der Waals surface area contributed by atoms with E-state index in [4.69, 9.17) is 15.0 Å². The van der Waals surface area contributed by atoms with Crippen LogP contribution in [0.5, 0.6) is 0 Å². The van der Waals surface area contributed by atoms with Crippen LogP contribution >= 0.6 is 0 Å². The summed E-state index contributed by atoms with van der Waals surface area (Å²) in [6.07, 6.45) is 2.04. The molecule has 1 saturated heterocycles. The number of benzene rings is 1. The van der Waals surface area contributed by atoms with E-state index in [0.29, 0.717) is 17.5 Å². The Kier molecular flexibility index (Phi) is 3.46. The van der Waals surface area contributed by atoms with E-state index in [1.54, 1.807) is 6.07 Å². The maximum absolute atomic E-state index is 5.92. The lowest BCUT2D eigenvalue weighted by atomic mass is 9.96. The number of aromatic nitrogens is 3. The molecular formula is C17H18N4O2. The maximum Gasteiger partial charge on any atom is 0.230 e. The number of ether oxygens (including phenoxy) is 1. The van der Waals surface area contributed by atoms with Crippen LogP contribution in [-0.4, -0.2) is 27.8 Å². The fourth-order valence-corrected chi connectivity index (χ4v) is 3.11. The molecule has 0 radical (unpaired) electrons. The molecule has 0 amide bonds. The third-order valence-corrected chi connectivity index (χ3v) is 4.25. The monoisotopic (exact) mass is 310 g/mol. The van der Waals surface area contributed by atoms with Crippen molar-refractivity contribution in [3.63, 3.8) is 0 Å². The van der Waals surface area contributed by atoms with Gasteiger partial charge in [0.1, 0.15) is 5.82 Å². The van der Waals surface area contributed by atoms with Crippen LogP contribution in [0.1, 0.15) is 31.6 Å². The van der Waals surface area contributed by atoms with Crippen molar-refractivity contribution >= 4 is 16.7 Å². The summed E-state index contributed by atoms with van der Waals surface area (Å²) < 4.78 is 11.1. The predicted octanol–water partition coefficient (Wildman–Crippen LogP) is 3.15. The van der Waals surface area contributed by atoms with E-state index in [1.165, 1.54) is 0 Å². The summed E-state index contributed by atoms with van der Waals surface area (Å²) in [5, 5.41) is 5.13. The third kappa shape index (κ3) is 2.66. The minimum atomic E-state index is 0.224. The Bertz CT molecular complexity index is 845. The minimum absolute atomic E-state index is 0.224. The van der Waals surface area contributed by atoms with Crippen molar-refractivity contribution in [2.75, 3.05) is 12.3 Å².